The van der Waals surface area contributed by atoms with Gasteiger partial charge in [-0.1, -0.05) is 48.0 Å². The van der Waals surface area contributed by atoms with Gasteiger partial charge in [-0.3, -0.25) is 14.5 Å². The van der Waals surface area contributed by atoms with E-state index in [1.165, 1.54) is 5.56 Å². The number of carbonyl (C=O) groups excluding carboxylic acids is 2. The van der Waals surface area contributed by atoms with E-state index >= 15 is 0 Å². The minimum absolute atomic E-state index is 0.0414. The van der Waals surface area contributed by atoms with E-state index in [2.05, 4.69) is 53.4 Å². The van der Waals surface area contributed by atoms with Gasteiger partial charge in [-0.25, -0.2) is 0 Å². The van der Waals surface area contributed by atoms with Gasteiger partial charge in [0.2, 0.25) is 0 Å². The minimum Gasteiger partial charge on any atom is -0.324 e. The fourth-order valence-corrected chi connectivity index (χ4v) is 6.14. The maximum atomic E-state index is 13.8. The fraction of sp³-hybridized carbons (Fsp3) is 0.417. The number of Topliss-reactive ketones (excluding diaryl/α,β-unsaturated/α-hetero) is 1. The third kappa shape index (κ3) is 2.23. The van der Waals surface area contributed by atoms with E-state index in [0.29, 0.717) is 19.5 Å². The number of hydrogen-bond donors (Lipinski definition) is 1. The third-order valence-corrected chi connectivity index (χ3v) is 7.38. The van der Waals surface area contributed by atoms with E-state index in [0.717, 1.165) is 23.4 Å². The van der Waals surface area contributed by atoms with Crippen LogP contribution in [0.1, 0.15) is 29.0 Å². The molecule has 3 aliphatic heterocycles. The normalized spacial score (nSPS) is 32.2. The number of likely N-dealkylation sites (tertiary alicyclic amines) is 2. The number of benzene rings is 2. The summed E-state index contributed by atoms with van der Waals surface area (Å²) in [5, 5.41) is 3.10. The number of fused-ring (bicyclic) bond motifs is 3. The van der Waals surface area contributed by atoms with Gasteiger partial charge in [-0.15, -0.1) is 0 Å². The van der Waals surface area contributed by atoms with Gasteiger partial charge < -0.3 is 10.2 Å². The second-order valence-electron chi connectivity index (χ2n) is 8.94. The second kappa shape index (κ2) is 6.25. The number of likely N-dealkylation sites (N-methyl/N-ethyl adjacent to an activating group) is 1. The van der Waals surface area contributed by atoms with Crippen molar-refractivity contribution in [3.63, 3.8) is 0 Å². The smallest absolute Gasteiger partial charge is 0.250 e. The molecule has 2 aromatic carbocycles. The molecule has 5 nitrogen and oxygen atoms in total. The number of ketones is 1. The second-order valence-corrected chi connectivity index (χ2v) is 8.94. The van der Waals surface area contributed by atoms with Gasteiger partial charge in [0.1, 0.15) is 11.3 Å². The molecule has 3 atom stereocenters. The number of rotatable bonds is 1. The van der Waals surface area contributed by atoms with Gasteiger partial charge in [-0.2, -0.15) is 0 Å². The lowest BCUT2D eigenvalue weighted by molar-refractivity contribution is -0.150. The highest BCUT2D eigenvalue weighted by molar-refractivity contribution is 6.11. The van der Waals surface area contributed by atoms with Gasteiger partial charge in [0.05, 0.1) is 5.41 Å². The Morgan fingerprint density at radius 3 is 2.52 bits per heavy atom. The molecule has 2 spiro atoms. The molecule has 0 radical (unpaired) electrons. The first kappa shape index (κ1) is 18.5. The summed E-state index contributed by atoms with van der Waals surface area (Å²) in [5.41, 5.74) is 2.30. The molecule has 2 saturated heterocycles. The van der Waals surface area contributed by atoms with Crippen LogP contribution in [0, 0.1) is 12.3 Å². The topological polar surface area (TPSA) is 52.7 Å². The number of para-hydroxylation sites is 1. The van der Waals surface area contributed by atoms with Crippen molar-refractivity contribution in [2.24, 2.45) is 5.41 Å². The molecule has 1 amide bonds. The maximum absolute atomic E-state index is 13.8. The number of amides is 1. The quantitative estimate of drug-likeness (QED) is 0.815. The van der Waals surface area contributed by atoms with Crippen molar-refractivity contribution in [2.75, 3.05) is 39.0 Å². The third-order valence-electron chi connectivity index (χ3n) is 7.38. The fourth-order valence-electron chi connectivity index (χ4n) is 6.14. The van der Waals surface area contributed by atoms with Crippen molar-refractivity contribution in [1.82, 2.24) is 9.80 Å². The number of anilines is 1. The molecular weight excluding hydrogens is 362 g/mol. The van der Waals surface area contributed by atoms with Crippen LogP contribution in [0.2, 0.25) is 0 Å². The monoisotopic (exact) mass is 389 g/mol. The van der Waals surface area contributed by atoms with Crippen molar-refractivity contribution >= 4 is 17.4 Å². The maximum Gasteiger partial charge on any atom is 0.250 e. The number of nitrogens with zero attached hydrogens (tertiary/aromatic N) is 2. The van der Waals surface area contributed by atoms with E-state index in [1.807, 2.05) is 31.3 Å². The first-order valence-electron chi connectivity index (χ1n) is 10.3. The van der Waals surface area contributed by atoms with Crippen LogP contribution in [0.3, 0.4) is 0 Å². The molecule has 1 N–H and O–H groups in total. The molecule has 29 heavy (non-hydrogen) atoms. The van der Waals surface area contributed by atoms with Crippen LogP contribution in [0.4, 0.5) is 5.69 Å². The van der Waals surface area contributed by atoms with Gasteiger partial charge in [0.15, 0.2) is 0 Å². The Morgan fingerprint density at radius 2 is 1.76 bits per heavy atom. The lowest BCUT2D eigenvalue weighted by Crippen LogP contribution is -2.64. The Balaban J connectivity index is 1.80. The molecule has 5 heteroatoms. The first-order chi connectivity index (χ1) is 13.9. The lowest BCUT2D eigenvalue weighted by atomic mass is 9.57. The van der Waals surface area contributed by atoms with E-state index in [4.69, 9.17) is 0 Å². The van der Waals surface area contributed by atoms with Crippen LogP contribution in [0.15, 0.2) is 48.5 Å². The van der Waals surface area contributed by atoms with Gasteiger partial charge >= 0.3 is 0 Å². The molecule has 5 rings (SSSR count). The summed E-state index contributed by atoms with van der Waals surface area (Å²) >= 11 is 0. The predicted octanol–water partition coefficient (Wildman–Crippen LogP) is 2.76. The molecule has 150 valence electrons. The number of piperidine rings is 1. The molecule has 0 aromatic heterocycles. The molecule has 3 heterocycles. The predicted molar refractivity (Wildman–Crippen MR) is 113 cm³/mol. The lowest BCUT2D eigenvalue weighted by Gasteiger charge is -2.50. The number of carbonyl (C=O) groups is 2. The Labute approximate surface area is 171 Å². The van der Waals surface area contributed by atoms with E-state index in [-0.39, 0.29) is 17.6 Å². The van der Waals surface area contributed by atoms with Crippen LogP contribution in [-0.4, -0.2) is 55.2 Å². The van der Waals surface area contributed by atoms with Crippen LogP contribution >= 0.6 is 0 Å². The van der Waals surface area contributed by atoms with Crippen LogP contribution < -0.4 is 5.32 Å². The standard InChI is InChI=1S/C24H27N3O2/c1-16-8-10-17(11-9-16)19-14-27(3)24(23(19)15-26(2)13-12-21(23)28)18-6-4-5-7-20(18)25-22(24)29/h4-11,19H,12-15H2,1-3H3,(H,25,29)/t19-,23+,24+/m1/s1. The summed E-state index contributed by atoms with van der Waals surface area (Å²) in [7, 11) is 4.06. The molecular formula is C24H27N3O2. The average molecular weight is 389 g/mol. The summed E-state index contributed by atoms with van der Waals surface area (Å²) in [4.78, 5) is 31.9. The first-order valence-corrected chi connectivity index (χ1v) is 10.3. The zero-order valence-corrected chi connectivity index (χ0v) is 17.2. The van der Waals surface area contributed by atoms with Crippen LogP contribution in [-0.2, 0) is 15.1 Å². The van der Waals surface area contributed by atoms with Crippen molar-refractivity contribution in [2.45, 2.75) is 24.8 Å². The van der Waals surface area contributed by atoms with Gasteiger partial charge in [0.25, 0.3) is 5.91 Å². The van der Waals surface area contributed by atoms with Gasteiger partial charge in [0, 0.05) is 43.2 Å². The minimum atomic E-state index is -0.981. The highest BCUT2D eigenvalue weighted by Crippen LogP contribution is 2.63. The van der Waals surface area contributed by atoms with Crippen molar-refractivity contribution in [1.29, 1.82) is 0 Å². The van der Waals surface area contributed by atoms with E-state index in [1.54, 1.807) is 0 Å². The number of aryl methyl sites for hydroxylation is 1. The van der Waals surface area contributed by atoms with Crippen LogP contribution in [0.5, 0.6) is 0 Å². The Morgan fingerprint density at radius 1 is 1.03 bits per heavy atom. The van der Waals surface area contributed by atoms with Crippen molar-refractivity contribution in [3.05, 3.63) is 65.2 Å². The summed E-state index contributed by atoms with van der Waals surface area (Å²) in [6, 6.07) is 16.3. The Bertz CT molecular complexity index is 1000. The highest BCUT2D eigenvalue weighted by atomic mass is 16.2. The van der Waals surface area contributed by atoms with Crippen LogP contribution in [0.25, 0.3) is 0 Å². The summed E-state index contributed by atoms with van der Waals surface area (Å²) in [6.45, 7) is 4.06. The SMILES string of the molecule is Cc1ccc([C@H]2CN(C)[C@@]3(C(=O)Nc4ccccc43)[C@@]23CN(C)CCC3=O)cc1. The largest absolute Gasteiger partial charge is 0.324 e. The molecule has 2 aromatic rings. The van der Waals surface area contributed by atoms with E-state index in [9.17, 15) is 9.59 Å². The molecule has 2 fully saturated rings. The average Bonchev–Trinajstić information content (AvgIpc) is 3.14. The molecule has 3 aliphatic rings. The summed E-state index contributed by atoms with van der Waals surface area (Å²) < 4.78 is 0. The molecule has 0 bridgehead atoms. The molecule has 0 unspecified atom stereocenters. The zero-order valence-electron chi connectivity index (χ0n) is 17.2. The number of nitrogens with one attached hydrogen (secondary N) is 1. The molecule has 0 saturated carbocycles. The van der Waals surface area contributed by atoms with Crippen molar-refractivity contribution < 1.29 is 9.59 Å². The van der Waals surface area contributed by atoms with Gasteiger partial charge in [-0.05, 0) is 32.6 Å². The van der Waals surface area contributed by atoms with Crippen molar-refractivity contribution in [3.8, 4) is 0 Å². The van der Waals surface area contributed by atoms with E-state index < -0.39 is 11.0 Å². The zero-order chi connectivity index (χ0) is 20.4. The molecule has 0 aliphatic carbocycles. The number of hydrogen-bond acceptors (Lipinski definition) is 4. The summed E-state index contributed by atoms with van der Waals surface area (Å²) in [5.74, 6) is 0.0945. The Hall–Kier alpha value is -2.50. The summed E-state index contributed by atoms with van der Waals surface area (Å²) in [6.07, 6.45) is 0.476. The Kier molecular flexibility index (Phi) is 3.99. The highest BCUT2D eigenvalue weighted by Gasteiger charge is 2.73.